The molecule has 0 radical (unpaired) electrons. The first kappa shape index (κ1) is 23.1. The van der Waals surface area contributed by atoms with Crippen LogP contribution < -0.4 is 5.32 Å². The van der Waals surface area contributed by atoms with Crippen molar-refractivity contribution in [3.8, 4) is 0 Å². The quantitative estimate of drug-likeness (QED) is 0.717. The molecule has 2 aromatic carbocycles. The summed E-state index contributed by atoms with van der Waals surface area (Å²) in [5.74, 6) is 0.0116. The number of hydrogen-bond donors (Lipinski definition) is 1. The Hall–Kier alpha value is -2.14. The summed E-state index contributed by atoms with van der Waals surface area (Å²) in [6, 6.07) is 13.9. The van der Waals surface area contributed by atoms with Crippen molar-refractivity contribution in [3.05, 3.63) is 70.3 Å². The molecule has 0 aliphatic rings. The highest BCUT2D eigenvalue weighted by atomic mass is 32.2. The summed E-state index contributed by atoms with van der Waals surface area (Å²) < 4.78 is 24.0. The van der Waals surface area contributed by atoms with Gasteiger partial charge in [0, 0.05) is 11.6 Å². The Labute approximate surface area is 175 Å². The zero-order valence-electron chi connectivity index (χ0n) is 18.4. The number of hydrogen-bond acceptors (Lipinski definition) is 3. The molecule has 0 heterocycles. The van der Waals surface area contributed by atoms with E-state index >= 15 is 0 Å². The van der Waals surface area contributed by atoms with Crippen molar-refractivity contribution in [1.82, 2.24) is 5.32 Å². The summed E-state index contributed by atoms with van der Waals surface area (Å²) >= 11 is 0. The van der Waals surface area contributed by atoms with Crippen molar-refractivity contribution >= 4 is 15.7 Å². The Morgan fingerprint density at radius 1 is 0.931 bits per heavy atom. The molecule has 0 atom stereocenters. The van der Waals surface area contributed by atoms with Gasteiger partial charge in [-0.1, -0.05) is 35.9 Å². The molecule has 29 heavy (non-hydrogen) atoms. The number of aryl methyl sites for hydroxylation is 3. The zero-order valence-corrected chi connectivity index (χ0v) is 19.2. The van der Waals surface area contributed by atoms with E-state index in [1.54, 1.807) is 20.8 Å². The lowest BCUT2D eigenvalue weighted by Crippen LogP contribution is -2.30. The third-order valence-corrected chi connectivity index (χ3v) is 7.41. The molecule has 0 aliphatic carbocycles. The van der Waals surface area contributed by atoms with E-state index in [2.05, 4.69) is 11.4 Å². The Morgan fingerprint density at radius 3 is 2.03 bits per heavy atom. The van der Waals surface area contributed by atoms with Gasteiger partial charge in [0.25, 0.3) is 5.91 Å². The van der Waals surface area contributed by atoms with Crippen LogP contribution in [-0.2, 0) is 28.4 Å². The third kappa shape index (κ3) is 6.70. The van der Waals surface area contributed by atoms with E-state index in [1.165, 1.54) is 0 Å². The monoisotopic (exact) mass is 415 g/mol. The van der Waals surface area contributed by atoms with Crippen LogP contribution in [0.2, 0.25) is 0 Å². The second-order valence-corrected chi connectivity index (χ2v) is 11.8. The van der Waals surface area contributed by atoms with Gasteiger partial charge in [-0.25, -0.2) is 8.42 Å². The number of rotatable bonds is 7. The van der Waals surface area contributed by atoms with Gasteiger partial charge in [-0.15, -0.1) is 0 Å². The molecule has 4 nitrogen and oxygen atoms in total. The van der Waals surface area contributed by atoms with Crippen LogP contribution in [0.1, 0.15) is 67.2 Å². The second-order valence-electron chi connectivity index (χ2n) is 9.02. The fourth-order valence-electron chi connectivity index (χ4n) is 3.01. The van der Waals surface area contributed by atoms with Crippen LogP contribution in [0.15, 0.2) is 42.5 Å². The van der Waals surface area contributed by atoms with Gasteiger partial charge in [-0.3, -0.25) is 4.79 Å². The molecule has 0 unspecified atom stereocenters. The first-order valence-corrected chi connectivity index (χ1v) is 11.7. The summed E-state index contributed by atoms with van der Waals surface area (Å²) in [5, 5.41) is 2.93. The molecule has 0 aliphatic heterocycles. The van der Waals surface area contributed by atoms with Gasteiger partial charge in [0.1, 0.15) is 0 Å². The minimum absolute atomic E-state index is 0.0469. The standard InChI is InChI=1S/C24H33NO3S/c1-17(2)25-23(26)22-14-18(3)13-21(15-22)12-9-19-7-10-20(11-8-19)16-29(27,28)24(4,5)6/h7-8,10-11,13-15,17H,9,12,16H2,1-6H3,(H,25,26). The van der Waals surface area contributed by atoms with Crippen molar-refractivity contribution in [3.63, 3.8) is 0 Å². The van der Waals surface area contributed by atoms with Gasteiger partial charge in [0.15, 0.2) is 9.84 Å². The van der Waals surface area contributed by atoms with Crippen LogP contribution in [0.25, 0.3) is 0 Å². The summed E-state index contributed by atoms with van der Waals surface area (Å²) in [6.07, 6.45) is 1.66. The Morgan fingerprint density at radius 2 is 1.48 bits per heavy atom. The van der Waals surface area contributed by atoms with E-state index in [0.717, 1.165) is 35.1 Å². The molecule has 2 rings (SSSR count). The van der Waals surface area contributed by atoms with Gasteiger partial charge in [-0.2, -0.15) is 0 Å². The molecular formula is C24H33NO3S. The van der Waals surface area contributed by atoms with Crippen LogP contribution in [0, 0.1) is 6.92 Å². The number of carbonyl (C=O) groups is 1. The Kier molecular flexibility index (Phi) is 7.28. The molecule has 0 saturated heterocycles. The Bertz CT molecular complexity index is 953. The minimum atomic E-state index is -3.18. The van der Waals surface area contributed by atoms with E-state index in [1.807, 2.05) is 57.2 Å². The van der Waals surface area contributed by atoms with Crippen molar-refractivity contribution < 1.29 is 13.2 Å². The van der Waals surface area contributed by atoms with Crippen LogP contribution in [-0.4, -0.2) is 25.1 Å². The van der Waals surface area contributed by atoms with E-state index < -0.39 is 14.6 Å². The molecule has 0 fully saturated rings. The molecule has 2 aromatic rings. The average Bonchev–Trinajstić information content (AvgIpc) is 2.59. The van der Waals surface area contributed by atoms with E-state index in [0.29, 0.717) is 5.56 Å². The highest BCUT2D eigenvalue weighted by Crippen LogP contribution is 2.21. The maximum atomic E-state index is 12.4. The van der Waals surface area contributed by atoms with E-state index in [-0.39, 0.29) is 17.7 Å². The zero-order chi connectivity index (χ0) is 21.8. The van der Waals surface area contributed by atoms with Crippen LogP contribution in [0.5, 0.6) is 0 Å². The smallest absolute Gasteiger partial charge is 0.251 e. The fraction of sp³-hybridized carbons (Fsp3) is 0.458. The summed E-state index contributed by atoms with van der Waals surface area (Å²) in [6.45, 7) is 11.1. The van der Waals surface area contributed by atoms with Crippen LogP contribution >= 0.6 is 0 Å². The number of carbonyl (C=O) groups excluding carboxylic acids is 1. The first-order chi connectivity index (χ1) is 13.4. The molecule has 1 amide bonds. The highest BCUT2D eigenvalue weighted by molar-refractivity contribution is 7.91. The van der Waals surface area contributed by atoms with Gasteiger partial charge in [-0.05, 0) is 83.2 Å². The minimum Gasteiger partial charge on any atom is -0.350 e. The Balaban J connectivity index is 2.05. The SMILES string of the molecule is Cc1cc(CCc2ccc(CS(=O)(=O)C(C)(C)C)cc2)cc(C(=O)NC(C)C)c1. The van der Waals surface area contributed by atoms with Crippen molar-refractivity contribution in [2.24, 2.45) is 0 Å². The van der Waals surface area contributed by atoms with Crippen molar-refractivity contribution in [1.29, 1.82) is 0 Å². The average molecular weight is 416 g/mol. The van der Waals surface area contributed by atoms with E-state index in [4.69, 9.17) is 0 Å². The highest BCUT2D eigenvalue weighted by Gasteiger charge is 2.28. The fourth-order valence-corrected chi connectivity index (χ4v) is 4.07. The lowest BCUT2D eigenvalue weighted by molar-refractivity contribution is 0.0943. The maximum absolute atomic E-state index is 12.4. The van der Waals surface area contributed by atoms with Crippen molar-refractivity contribution in [2.45, 2.75) is 70.9 Å². The van der Waals surface area contributed by atoms with Gasteiger partial charge in [0.05, 0.1) is 10.5 Å². The first-order valence-electron chi connectivity index (χ1n) is 10.1. The normalized spacial score (nSPS) is 12.2. The van der Waals surface area contributed by atoms with Gasteiger partial charge < -0.3 is 5.32 Å². The largest absolute Gasteiger partial charge is 0.350 e. The molecule has 0 spiro atoms. The predicted octanol–water partition coefficient (Wildman–Crippen LogP) is 4.63. The number of sulfone groups is 1. The lowest BCUT2D eigenvalue weighted by Gasteiger charge is -2.19. The summed E-state index contributed by atoms with van der Waals surface area (Å²) in [5.41, 5.74) is 4.84. The molecule has 158 valence electrons. The van der Waals surface area contributed by atoms with E-state index in [9.17, 15) is 13.2 Å². The summed E-state index contributed by atoms with van der Waals surface area (Å²) in [7, 11) is -3.18. The van der Waals surface area contributed by atoms with Gasteiger partial charge >= 0.3 is 0 Å². The van der Waals surface area contributed by atoms with Crippen molar-refractivity contribution in [2.75, 3.05) is 0 Å². The number of nitrogens with one attached hydrogen (secondary N) is 1. The molecule has 0 aromatic heterocycles. The van der Waals surface area contributed by atoms with Crippen LogP contribution in [0.3, 0.4) is 0 Å². The van der Waals surface area contributed by atoms with Crippen LogP contribution in [0.4, 0.5) is 0 Å². The molecule has 0 bridgehead atoms. The lowest BCUT2D eigenvalue weighted by atomic mass is 9.99. The number of benzene rings is 2. The predicted molar refractivity (Wildman–Crippen MR) is 120 cm³/mol. The number of amides is 1. The summed E-state index contributed by atoms with van der Waals surface area (Å²) in [4.78, 5) is 12.3. The van der Waals surface area contributed by atoms with Gasteiger partial charge in [0.2, 0.25) is 0 Å². The molecule has 5 heteroatoms. The topological polar surface area (TPSA) is 63.2 Å². The maximum Gasteiger partial charge on any atom is 0.251 e. The third-order valence-electron chi connectivity index (χ3n) is 4.83. The molecule has 0 saturated carbocycles. The second kappa shape index (κ2) is 9.12. The molecular weight excluding hydrogens is 382 g/mol. The molecule has 1 N–H and O–H groups in total.